The maximum absolute atomic E-state index is 11.8. The molecule has 1 aromatic heterocycles. The van der Waals surface area contributed by atoms with Gasteiger partial charge in [-0.05, 0) is 25.1 Å². The minimum absolute atomic E-state index is 0.0976. The lowest BCUT2D eigenvalue weighted by atomic mass is 10.2. The summed E-state index contributed by atoms with van der Waals surface area (Å²) in [7, 11) is 0. The lowest BCUT2D eigenvalue weighted by molar-refractivity contribution is 0.0953. The molecule has 1 aromatic carbocycles. The van der Waals surface area contributed by atoms with Crippen molar-refractivity contribution in [3.63, 3.8) is 0 Å². The van der Waals surface area contributed by atoms with E-state index in [1.54, 1.807) is 18.3 Å². The largest absolute Gasteiger partial charge is 0.446 e. The summed E-state index contributed by atoms with van der Waals surface area (Å²) in [6.45, 7) is 2.35. The molecule has 0 aliphatic carbocycles. The summed E-state index contributed by atoms with van der Waals surface area (Å²) in [5.41, 5.74) is 0.632. The van der Waals surface area contributed by atoms with E-state index in [4.69, 9.17) is 4.42 Å². The van der Waals surface area contributed by atoms with E-state index in [1.807, 2.05) is 19.1 Å². The Morgan fingerprint density at radius 1 is 1.50 bits per heavy atom. The van der Waals surface area contributed by atoms with Crippen LogP contribution >= 0.6 is 15.9 Å². The fourth-order valence-corrected chi connectivity index (χ4v) is 1.93. The number of benzene rings is 1. The SMILES string of the molecule is Cc1cnc(CCNC(=O)c2cccc(Br)c2)o1. The Hall–Kier alpha value is -1.62. The summed E-state index contributed by atoms with van der Waals surface area (Å²) >= 11 is 3.33. The van der Waals surface area contributed by atoms with Crippen LogP contribution in [0.1, 0.15) is 22.0 Å². The topological polar surface area (TPSA) is 55.1 Å². The maximum atomic E-state index is 11.8. The average molecular weight is 309 g/mol. The van der Waals surface area contributed by atoms with Crippen LogP contribution in [0.2, 0.25) is 0 Å². The van der Waals surface area contributed by atoms with Gasteiger partial charge in [-0.1, -0.05) is 22.0 Å². The monoisotopic (exact) mass is 308 g/mol. The second kappa shape index (κ2) is 5.82. The molecule has 0 radical (unpaired) electrons. The molecule has 0 saturated carbocycles. The Morgan fingerprint density at radius 2 is 2.33 bits per heavy atom. The Labute approximate surface area is 114 Å². The first-order valence-electron chi connectivity index (χ1n) is 5.60. The Bertz CT molecular complexity index is 551. The van der Waals surface area contributed by atoms with Gasteiger partial charge in [0.1, 0.15) is 5.76 Å². The number of rotatable bonds is 4. The highest BCUT2D eigenvalue weighted by atomic mass is 79.9. The third kappa shape index (κ3) is 3.43. The number of aromatic nitrogens is 1. The highest BCUT2D eigenvalue weighted by molar-refractivity contribution is 9.10. The zero-order valence-electron chi connectivity index (χ0n) is 9.94. The van der Waals surface area contributed by atoms with Gasteiger partial charge in [0.05, 0.1) is 6.20 Å². The molecule has 18 heavy (non-hydrogen) atoms. The molecule has 2 aromatic rings. The lowest BCUT2D eigenvalue weighted by Gasteiger charge is -2.03. The van der Waals surface area contributed by atoms with Crippen LogP contribution in [0.4, 0.5) is 0 Å². The van der Waals surface area contributed by atoms with Gasteiger partial charge in [-0.2, -0.15) is 0 Å². The molecule has 5 heteroatoms. The second-order valence-electron chi connectivity index (χ2n) is 3.88. The van der Waals surface area contributed by atoms with E-state index < -0.39 is 0 Å². The zero-order valence-corrected chi connectivity index (χ0v) is 11.5. The average Bonchev–Trinajstić information content (AvgIpc) is 2.75. The van der Waals surface area contributed by atoms with E-state index in [1.165, 1.54) is 0 Å². The number of amides is 1. The van der Waals surface area contributed by atoms with Crippen LogP contribution < -0.4 is 5.32 Å². The number of hydrogen-bond acceptors (Lipinski definition) is 3. The zero-order chi connectivity index (χ0) is 13.0. The summed E-state index contributed by atoms with van der Waals surface area (Å²) in [5, 5.41) is 2.82. The molecular formula is C13H13BrN2O2. The van der Waals surface area contributed by atoms with Gasteiger partial charge in [0.2, 0.25) is 0 Å². The van der Waals surface area contributed by atoms with Crippen molar-refractivity contribution in [2.24, 2.45) is 0 Å². The van der Waals surface area contributed by atoms with Crippen molar-refractivity contribution >= 4 is 21.8 Å². The standard InChI is InChI=1S/C13H13BrN2O2/c1-9-8-16-12(18-9)5-6-15-13(17)10-3-2-4-11(14)7-10/h2-4,7-8H,5-6H2,1H3,(H,15,17). The highest BCUT2D eigenvalue weighted by Gasteiger charge is 2.06. The molecule has 0 spiro atoms. The molecular weight excluding hydrogens is 296 g/mol. The quantitative estimate of drug-likeness (QED) is 0.945. The minimum atomic E-state index is -0.0976. The summed E-state index contributed by atoms with van der Waals surface area (Å²) < 4.78 is 6.21. The van der Waals surface area contributed by atoms with E-state index in [0.717, 1.165) is 10.2 Å². The van der Waals surface area contributed by atoms with E-state index in [2.05, 4.69) is 26.2 Å². The number of nitrogens with one attached hydrogen (secondary N) is 1. The second-order valence-corrected chi connectivity index (χ2v) is 4.80. The van der Waals surface area contributed by atoms with Crippen LogP contribution in [0.25, 0.3) is 0 Å². The van der Waals surface area contributed by atoms with Gasteiger partial charge in [0, 0.05) is 23.0 Å². The number of hydrogen-bond donors (Lipinski definition) is 1. The molecule has 4 nitrogen and oxygen atoms in total. The predicted molar refractivity (Wildman–Crippen MR) is 71.4 cm³/mol. The number of nitrogens with zero attached hydrogens (tertiary/aromatic N) is 1. The maximum Gasteiger partial charge on any atom is 0.251 e. The van der Waals surface area contributed by atoms with Crippen molar-refractivity contribution in [3.05, 3.63) is 52.1 Å². The minimum Gasteiger partial charge on any atom is -0.446 e. The molecule has 0 bridgehead atoms. The molecule has 0 saturated heterocycles. The molecule has 1 N–H and O–H groups in total. The van der Waals surface area contributed by atoms with Crippen molar-refractivity contribution in [3.8, 4) is 0 Å². The normalized spacial score (nSPS) is 10.3. The smallest absolute Gasteiger partial charge is 0.251 e. The van der Waals surface area contributed by atoms with Gasteiger partial charge < -0.3 is 9.73 Å². The van der Waals surface area contributed by atoms with Gasteiger partial charge in [0.15, 0.2) is 5.89 Å². The summed E-state index contributed by atoms with van der Waals surface area (Å²) in [6, 6.07) is 7.27. The number of halogens is 1. The van der Waals surface area contributed by atoms with Crippen molar-refractivity contribution < 1.29 is 9.21 Å². The van der Waals surface area contributed by atoms with Crippen LogP contribution in [0.15, 0.2) is 39.4 Å². The predicted octanol–water partition coefficient (Wildman–Crippen LogP) is 2.72. The molecule has 0 aliphatic rings. The van der Waals surface area contributed by atoms with Gasteiger partial charge in [-0.3, -0.25) is 4.79 Å². The van der Waals surface area contributed by atoms with E-state index in [0.29, 0.717) is 24.4 Å². The first kappa shape index (κ1) is 12.8. The molecule has 0 aliphatic heterocycles. The summed E-state index contributed by atoms with van der Waals surface area (Å²) in [4.78, 5) is 15.9. The number of carbonyl (C=O) groups excluding carboxylic acids is 1. The third-order valence-corrected chi connectivity index (χ3v) is 2.87. The van der Waals surface area contributed by atoms with Gasteiger partial charge in [0.25, 0.3) is 5.91 Å². The van der Waals surface area contributed by atoms with Crippen LogP contribution in [0.5, 0.6) is 0 Å². The van der Waals surface area contributed by atoms with Crippen LogP contribution in [-0.2, 0) is 6.42 Å². The molecule has 0 unspecified atom stereocenters. The Kier molecular flexibility index (Phi) is 4.15. The molecule has 0 atom stereocenters. The van der Waals surface area contributed by atoms with Crippen LogP contribution in [0.3, 0.4) is 0 Å². The summed E-state index contributed by atoms with van der Waals surface area (Å²) in [6.07, 6.45) is 2.26. The molecule has 94 valence electrons. The third-order valence-electron chi connectivity index (χ3n) is 2.38. The van der Waals surface area contributed by atoms with Gasteiger partial charge >= 0.3 is 0 Å². The number of carbonyl (C=O) groups is 1. The first-order chi connectivity index (χ1) is 8.65. The van der Waals surface area contributed by atoms with E-state index >= 15 is 0 Å². The lowest BCUT2D eigenvalue weighted by Crippen LogP contribution is -2.25. The number of oxazole rings is 1. The van der Waals surface area contributed by atoms with E-state index in [9.17, 15) is 4.79 Å². The van der Waals surface area contributed by atoms with Gasteiger partial charge in [-0.25, -0.2) is 4.98 Å². The summed E-state index contributed by atoms with van der Waals surface area (Å²) in [5.74, 6) is 1.32. The highest BCUT2D eigenvalue weighted by Crippen LogP contribution is 2.11. The van der Waals surface area contributed by atoms with Crippen LogP contribution in [-0.4, -0.2) is 17.4 Å². The van der Waals surface area contributed by atoms with Gasteiger partial charge in [-0.15, -0.1) is 0 Å². The fourth-order valence-electron chi connectivity index (χ4n) is 1.53. The van der Waals surface area contributed by atoms with Crippen LogP contribution in [0, 0.1) is 6.92 Å². The van der Waals surface area contributed by atoms with Crippen molar-refractivity contribution in [1.82, 2.24) is 10.3 Å². The first-order valence-corrected chi connectivity index (χ1v) is 6.39. The molecule has 1 amide bonds. The van der Waals surface area contributed by atoms with Crippen molar-refractivity contribution in [2.45, 2.75) is 13.3 Å². The van der Waals surface area contributed by atoms with E-state index in [-0.39, 0.29) is 5.91 Å². The number of aryl methyl sites for hydroxylation is 1. The molecule has 2 rings (SSSR count). The Morgan fingerprint density at radius 3 is 3.00 bits per heavy atom. The Balaban J connectivity index is 1.85. The fraction of sp³-hybridized carbons (Fsp3) is 0.231. The van der Waals surface area contributed by atoms with Crippen molar-refractivity contribution in [1.29, 1.82) is 0 Å². The molecule has 0 fully saturated rings. The molecule has 1 heterocycles. The van der Waals surface area contributed by atoms with Crippen molar-refractivity contribution in [2.75, 3.05) is 6.54 Å².